The van der Waals surface area contributed by atoms with Crippen LogP contribution < -0.4 is 4.74 Å². The number of rotatable bonds is 6. The van der Waals surface area contributed by atoms with E-state index in [1.165, 1.54) is 26.4 Å². The molecule has 0 saturated carbocycles. The van der Waals surface area contributed by atoms with E-state index in [9.17, 15) is 13.4 Å². The maximum atomic E-state index is 13.7. The zero-order valence-corrected chi connectivity index (χ0v) is 12.0. The fraction of sp³-hybridized carbons (Fsp3) is 0.462. The Balaban J connectivity index is 2.68. The molecular formula is C13H17FO4S. The van der Waals surface area contributed by atoms with E-state index >= 15 is 0 Å². The highest BCUT2D eigenvalue weighted by Crippen LogP contribution is 2.19. The van der Waals surface area contributed by atoms with E-state index in [1.807, 2.05) is 0 Å². The summed E-state index contributed by atoms with van der Waals surface area (Å²) in [6, 6.07) is 4.40. The van der Waals surface area contributed by atoms with Crippen LogP contribution >= 0.6 is 0 Å². The molecule has 0 heterocycles. The maximum absolute atomic E-state index is 13.7. The van der Waals surface area contributed by atoms with Gasteiger partial charge in [-0.1, -0.05) is 13.0 Å². The van der Waals surface area contributed by atoms with Crippen LogP contribution in [0.3, 0.4) is 0 Å². The molecular weight excluding hydrogens is 271 g/mol. The van der Waals surface area contributed by atoms with Gasteiger partial charge in [-0.15, -0.1) is 0 Å². The molecule has 0 spiro atoms. The molecule has 106 valence electrons. The second kappa shape index (κ2) is 7.23. The number of hydrogen-bond donors (Lipinski definition) is 0. The smallest absolute Gasteiger partial charge is 0.306 e. The third-order valence-electron chi connectivity index (χ3n) is 2.69. The Morgan fingerprint density at radius 2 is 2.11 bits per heavy atom. The van der Waals surface area contributed by atoms with Gasteiger partial charge >= 0.3 is 5.97 Å². The van der Waals surface area contributed by atoms with Crippen LogP contribution in [0.25, 0.3) is 0 Å². The van der Waals surface area contributed by atoms with Crippen LogP contribution in [0.5, 0.6) is 5.75 Å². The lowest BCUT2D eigenvalue weighted by atomic mass is 10.2. The summed E-state index contributed by atoms with van der Waals surface area (Å²) >= 11 is 0. The average molecular weight is 288 g/mol. The third-order valence-corrected chi connectivity index (χ3v) is 4.35. The minimum Gasteiger partial charge on any atom is -0.497 e. The summed E-state index contributed by atoms with van der Waals surface area (Å²) in [4.78, 5) is 11.1. The largest absolute Gasteiger partial charge is 0.497 e. The lowest BCUT2D eigenvalue weighted by Crippen LogP contribution is -2.18. The number of carbonyl (C=O) groups is 1. The van der Waals surface area contributed by atoms with Crippen molar-refractivity contribution in [2.24, 2.45) is 0 Å². The number of ether oxygens (including phenoxy) is 2. The van der Waals surface area contributed by atoms with Gasteiger partial charge in [-0.2, -0.15) is 0 Å². The summed E-state index contributed by atoms with van der Waals surface area (Å²) in [6.07, 6.45) is 0.0564. The Bertz CT molecular complexity index is 476. The number of carbonyl (C=O) groups excluding carboxylic acids is 1. The van der Waals surface area contributed by atoms with Crippen molar-refractivity contribution >= 4 is 16.8 Å². The van der Waals surface area contributed by atoms with Crippen LogP contribution in [0.1, 0.15) is 18.9 Å². The zero-order chi connectivity index (χ0) is 14.4. The molecule has 6 heteroatoms. The molecule has 0 fully saturated rings. The average Bonchev–Trinajstić information content (AvgIpc) is 2.40. The van der Waals surface area contributed by atoms with Gasteiger partial charge in [-0.3, -0.25) is 9.00 Å². The SMILES string of the molecule is COC(=O)CC(C)S(=O)Cc1ccc(OC)cc1F. The van der Waals surface area contributed by atoms with E-state index in [1.54, 1.807) is 13.0 Å². The van der Waals surface area contributed by atoms with Gasteiger partial charge in [0.25, 0.3) is 0 Å². The van der Waals surface area contributed by atoms with Crippen LogP contribution in [-0.4, -0.2) is 29.6 Å². The van der Waals surface area contributed by atoms with Crippen molar-refractivity contribution in [3.05, 3.63) is 29.6 Å². The first-order valence-corrected chi connectivity index (χ1v) is 7.12. The molecule has 0 radical (unpaired) electrons. The highest BCUT2D eigenvalue weighted by molar-refractivity contribution is 7.84. The van der Waals surface area contributed by atoms with Crippen molar-refractivity contribution in [1.29, 1.82) is 0 Å². The molecule has 1 aromatic carbocycles. The van der Waals surface area contributed by atoms with Gasteiger partial charge in [-0.25, -0.2) is 4.39 Å². The topological polar surface area (TPSA) is 52.6 Å². The molecule has 2 unspecified atom stereocenters. The standard InChI is InChI=1S/C13H17FO4S/c1-9(6-13(15)18-3)19(16)8-10-4-5-11(17-2)7-12(10)14/h4-5,7,9H,6,8H2,1-3H3. The predicted molar refractivity (Wildman–Crippen MR) is 70.9 cm³/mol. The van der Waals surface area contributed by atoms with Crippen molar-refractivity contribution < 1.29 is 22.9 Å². The Labute approximate surface area is 114 Å². The highest BCUT2D eigenvalue weighted by Gasteiger charge is 2.17. The molecule has 0 aliphatic carbocycles. The van der Waals surface area contributed by atoms with E-state index in [0.29, 0.717) is 11.3 Å². The molecule has 0 aromatic heterocycles. The number of methoxy groups -OCH3 is 2. The van der Waals surface area contributed by atoms with Crippen LogP contribution in [0, 0.1) is 5.82 Å². The molecule has 0 aliphatic rings. The van der Waals surface area contributed by atoms with Gasteiger partial charge in [0.2, 0.25) is 0 Å². The summed E-state index contributed by atoms with van der Waals surface area (Å²) in [7, 11) is 1.39. The molecule has 2 atom stereocenters. The van der Waals surface area contributed by atoms with E-state index < -0.39 is 22.6 Å². The van der Waals surface area contributed by atoms with E-state index in [4.69, 9.17) is 4.74 Å². The normalized spacial score (nSPS) is 13.7. The number of hydrogen-bond acceptors (Lipinski definition) is 4. The fourth-order valence-corrected chi connectivity index (χ4v) is 2.63. The van der Waals surface area contributed by atoms with E-state index in [2.05, 4.69) is 4.74 Å². The summed E-state index contributed by atoms with van der Waals surface area (Å²) in [6.45, 7) is 1.68. The van der Waals surface area contributed by atoms with Gasteiger partial charge in [0, 0.05) is 27.7 Å². The minimum absolute atomic E-state index is 0.0564. The highest BCUT2D eigenvalue weighted by atomic mass is 32.2. The quantitative estimate of drug-likeness (QED) is 0.752. The zero-order valence-electron chi connectivity index (χ0n) is 11.1. The molecule has 0 aliphatic heterocycles. The number of esters is 1. The van der Waals surface area contributed by atoms with Crippen molar-refractivity contribution in [2.75, 3.05) is 14.2 Å². The van der Waals surface area contributed by atoms with Crippen LogP contribution in [0.2, 0.25) is 0 Å². The molecule has 1 aromatic rings. The summed E-state index contributed by atoms with van der Waals surface area (Å²) in [5.74, 6) is -0.405. The maximum Gasteiger partial charge on any atom is 0.306 e. The van der Waals surface area contributed by atoms with Crippen LogP contribution in [0.15, 0.2) is 18.2 Å². The van der Waals surface area contributed by atoms with Crippen molar-refractivity contribution in [2.45, 2.75) is 24.3 Å². The summed E-state index contributed by atoms with van der Waals surface area (Å²) in [5, 5.41) is -0.381. The minimum atomic E-state index is -1.34. The van der Waals surface area contributed by atoms with E-state index in [-0.39, 0.29) is 17.4 Å². The fourth-order valence-electron chi connectivity index (χ4n) is 1.48. The summed E-state index contributed by atoms with van der Waals surface area (Å²) < 4.78 is 35.1. The second-order valence-electron chi connectivity index (χ2n) is 4.07. The first-order chi connectivity index (χ1) is 8.97. The second-order valence-corrected chi connectivity index (χ2v) is 5.93. The Kier molecular flexibility index (Phi) is 5.95. The van der Waals surface area contributed by atoms with Crippen molar-refractivity contribution in [1.82, 2.24) is 0 Å². The van der Waals surface area contributed by atoms with Gasteiger partial charge < -0.3 is 9.47 Å². The predicted octanol–water partition coefficient (Wildman–Crippen LogP) is 2.03. The van der Waals surface area contributed by atoms with Gasteiger partial charge in [0.15, 0.2) is 0 Å². The van der Waals surface area contributed by atoms with Crippen LogP contribution in [0.4, 0.5) is 4.39 Å². The number of benzene rings is 1. The molecule has 4 nitrogen and oxygen atoms in total. The van der Waals surface area contributed by atoms with Gasteiger partial charge in [0.1, 0.15) is 11.6 Å². The molecule has 0 saturated heterocycles. The van der Waals surface area contributed by atoms with Crippen molar-refractivity contribution in [3.8, 4) is 5.75 Å². The Hall–Kier alpha value is -1.43. The first-order valence-electron chi connectivity index (χ1n) is 5.74. The van der Waals surface area contributed by atoms with Gasteiger partial charge in [-0.05, 0) is 6.07 Å². The lowest BCUT2D eigenvalue weighted by Gasteiger charge is -2.11. The third kappa shape index (κ3) is 4.63. The molecule has 0 amide bonds. The van der Waals surface area contributed by atoms with Crippen molar-refractivity contribution in [3.63, 3.8) is 0 Å². The molecule has 0 bridgehead atoms. The van der Waals surface area contributed by atoms with E-state index in [0.717, 1.165) is 0 Å². The lowest BCUT2D eigenvalue weighted by molar-refractivity contribution is -0.140. The van der Waals surface area contributed by atoms with Gasteiger partial charge in [0.05, 0.1) is 26.4 Å². The number of halogens is 1. The Morgan fingerprint density at radius 3 is 2.63 bits per heavy atom. The van der Waals surface area contributed by atoms with Crippen LogP contribution in [-0.2, 0) is 26.1 Å². The monoisotopic (exact) mass is 288 g/mol. The Morgan fingerprint density at radius 1 is 1.42 bits per heavy atom. The molecule has 19 heavy (non-hydrogen) atoms. The first kappa shape index (κ1) is 15.6. The molecule has 0 N–H and O–H groups in total. The summed E-state index contributed by atoms with van der Waals surface area (Å²) in [5.41, 5.74) is 0.343. The molecule has 1 rings (SSSR count).